The molecule has 21 heavy (non-hydrogen) atoms. The molecule has 6 nitrogen and oxygen atoms in total. The lowest BCUT2D eigenvalue weighted by atomic mass is 9.98. The summed E-state index contributed by atoms with van der Waals surface area (Å²) < 4.78 is 32.6. The van der Waals surface area contributed by atoms with Crippen molar-refractivity contribution in [2.45, 2.75) is 20.8 Å². The maximum absolute atomic E-state index is 11.5. The van der Waals surface area contributed by atoms with Crippen molar-refractivity contribution in [2.24, 2.45) is 10.6 Å². The highest BCUT2D eigenvalue weighted by atomic mass is 32.2. The van der Waals surface area contributed by atoms with Gasteiger partial charge in [0, 0.05) is 5.41 Å². The van der Waals surface area contributed by atoms with E-state index in [1.807, 2.05) is 0 Å². The van der Waals surface area contributed by atoms with E-state index in [2.05, 4.69) is 0 Å². The first-order chi connectivity index (χ1) is 9.63. The van der Waals surface area contributed by atoms with Crippen molar-refractivity contribution < 1.29 is 22.7 Å². The summed E-state index contributed by atoms with van der Waals surface area (Å²) >= 11 is 0. The monoisotopic (exact) mass is 315 g/mol. The fourth-order valence-corrected chi connectivity index (χ4v) is 2.94. The maximum atomic E-state index is 11.5. The molecule has 0 atom stereocenters. The first-order valence-electron chi connectivity index (χ1n) is 6.53. The van der Waals surface area contributed by atoms with E-state index in [4.69, 9.17) is 14.6 Å². The van der Waals surface area contributed by atoms with Crippen LogP contribution in [0.3, 0.4) is 0 Å². The predicted octanol–water partition coefficient (Wildman–Crippen LogP) is 1.56. The Morgan fingerprint density at radius 1 is 1.24 bits per heavy atom. The molecule has 0 aliphatic rings. The summed E-state index contributed by atoms with van der Waals surface area (Å²) in [6.45, 7) is 5.76. The lowest BCUT2D eigenvalue weighted by molar-refractivity contribution is 0.0526. The number of carbonyl (C=O) groups excluding carboxylic acids is 1. The molecule has 0 saturated heterocycles. The van der Waals surface area contributed by atoms with E-state index in [-0.39, 0.29) is 12.4 Å². The molecule has 0 spiro atoms. The topological polar surface area (TPSA) is 95.7 Å². The van der Waals surface area contributed by atoms with Gasteiger partial charge in [-0.05, 0) is 31.2 Å². The standard InChI is InChI=1S/C14H21NO5S/c1-4-19-13(16)11-5-7-12(8-6-11)20-9-14(2,3)10-21(15,17)18/h5-8H,4,9-10H2,1-3H3,(H2,15,17,18). The summed E-state index contributed by atoms with van der Waals surface area (Å²) in [6.07, 6.45) is 0. The van der Waals surface area contributed by atoms with Gasteiger partial charge in [-0.3, -0.25) is 0 Å². The first kappa shape index (κ1) is 17.5. The lowest BCUT2D eigenvalue weighted by Crippen LogP contribution is -2.33. The van der Waals surface area contributed by atoms with E-state index < -0.39 is 21.4 Å². The average molecular weight is 315 g/mol. The van der Waals surface area contributed by atoms with Crippen LogP contribution < -0.4 is 9.88 Å². The van der Waals surface area contributed by atoms with Crippen LogP contribution >= 0.6 is 0 Å². The summed E-state index contributed by atoms with van der Waals surface area (Å²) in [7, 11) is -3.55. The van der Waals surface area contributed by atoms with Gasteiger partial charge in [-0.25, -0.2) is 18.4 Å². The number of benzene rings is 1. The van der Waals surface area contributed by atoms with E-state index in [0.717, 1.165) is 0 Å². The lowest BCUT2D eigenvalue weighted by Gasteiger charge is -2.23. The molecule has 0 aliphatic heterocycles. The summed E-state index contributed by atoms with van der Waals surface area (Å²) in [6, 6.07) is 6.47. The molecule has 7 heteroatoms. The second-order valence-electron chi connectivity index (χ2n) is 5.50. The number of hydrogen-bond acceptors (Lipinski definition) is 5. The largest absolute Gasteiger partial charge is 0.493 e. The van der Waals surface area contributed by atoms with Crippen LogP contribution in [0.25, 0.3) is 0 Å². The third-order valence-corrected chi connectivity index (χ3v) is 3.77. The second kappa shape index (κ2) is 6.91. The van der Waals surface area contributed by atoms with Crippen molar-refractivity contribution in [3.8, 4) is 5.75 Å². The number of esters is 1. The van der Waals surface area contributed by atoms with Crippen molar-refractivity contribution in [1.29, 1.82) is 0 Å². The van der Waals surface area contributed by atoms with Crippen LogP contribution in [0.4, 0.5) is 0 Å². The van der Waals surface area contributed by atoms with Crippen molar-refractivity contribution in [1.82, 2.24) is 0 Å². The Balaban J connectivity index is 2.62. The highest BCUT2D eigenvalue weighted by molar-refractivity contribution is 7.89. The maximum Gasteiger partial charge on any atom is 0.338 e. The number of hydrogen-bond donors (Lipinski definition) is 1. The number of rotatable bonds is 7. The molecule has 0 saturated carbocycles. The van der Waals surface area contributed by atoms with Crippen molar-refractivity contribution in [3.05, 3.63) is 29.8 Å². The summed E-state index contributed by atoms with van der Waals surface area (Å²) in [5, 5.41) is 5.04. The van der Waals surface area contributed by atoms with Gasteiger partial charge in [0.15, 0.2) is 0 Å². The number of primary sulfonamides is 1. The number of ether oxygens (including phenoxy) is 2. The molecule has 0 amide bonds. The van der Waals surface area contributed by atoms with Gasteiger partial charge in [0.05, 0.1) is 24.5 Å². The number of nitrogens with two attached hydrogens (primary N) is 1. The highest BCUT2D eigenvalue weighted by Crippen LogP contribution is 2.20. The Labute approximate surface area is 125 Å². The number of sulfonamides is 1. The van der Waals surface area contributed by atoms with E-state index in [9.17, 15) is 13.2 Å². The minimum absolute atomic E-state index is 0.166. The fraction of sp³-hybridized carbons (Fsp3) is 0.500. The van der Waals surface area contributed by atoms with Crippen molar-refractivity contribution in [2.75, 3.05) is 19.0 Å². The summed E-state index contributed by atoms with van der Waals surface area (Å²) in [4.78, 5) is 11.5. The van der Waals surface area contributed by atoms with Crippen LogP contribution in [0.2, 0.25) is 0 Å². The van der Waals surface area contributed by atoms with Crippen LogP contribution in [0.1, 0.15) is 31.1 Å². The zero-order valence-electron chi connectivity index (χ0n) is 12.5. The van der Waals surface area contributed by atoms with Crippen molar-refractivity contribution >= 4 is 16.0 Å². The molecule has 1 aromatic carbocycles. The molecule has 0 fully saturated rings. The molecule has 0 bridgehead atoms. The van der Waals surface area contributed by atoms with Crippen LogP contribution in [-0.4, -0.2) is 33.4 Å². The SMILES string of the molecule is CCOC(=O)c1ccc(OCC(C)(C)CS(N)(=O)=O)cc1. The zero-order chi connectivity index (χ0) is 16.1. The highest BCUT2D eigenvalue weighted by Gasteiger charge is 2.25. The third kappa shape index (κ3) is 6.59. The number of carbonyl (C=O) groups is 1. The predicted molar refractivity (Wildman–Crippen MR) is 79.6 cm³/mol. The molecule has 2 N–H and O–H groups in total. The normalized spacial score (nSPS) is 12.0. The zero-order valence-corrected chi connectivity index (χ0v) is 13.3. The molecular weight excluding hydrogens is 294 g/mol. The van der Waals surface area contributed by atoms with E-state index in [0.29, 0.717) is 17.9 Å². The molecule has 0 heterocycles. The molecule has 118 valence electrons. The quantitative estimate of drug-likeness (QED) is 0.770. The van der Waals surface area contributed by atoms with E-state index in [1.54, 1.807) is 45.0 Å². The molecular formula is C14H21NO5S. The van der Waals surface area contributed by atoms with Crippen LogP contribution in [-0.2, 0) is 14.8 Å². The molecule has 0 aliphatic carbocycles. The molecule has 0 aromatic heterocycles. The average Bonchev–Trinajstić information content (AvgIpc) is 2.34. The van der Waals surface area contributed by atoms with Gasteiger partial charge >= 0.3 is 5.97 Å². The van der Waals surface area contributed by atoms with Gasteiger partial charge in [-0.2, -0.15) is 0 Å². The smallest absolute Gasteiger partial charge is 0.338 e. The Bertz CT molecular complexity index is 578. The Kier molecular flexibility index (Phi) is 5.74. The van der Waals surface area contributed by atoms with E-state index in [1.165, 1.54) is 0 Å². The Morgan fingerprint density at radius 3 is 2.29 bits per heavy atom. The van der Waals surface area contributed by atoms with Gasteiger partial charge in [0.2, 0.25) is 10.0 Å². The third-order valence-electron chi connectivity index (χ3n) is 2.59. The van der Waals surface area contributed by atoms with Crippen LogP contribution in [0.5, 0.6) is 5.75 Å². The van der Waals surface area contributed by atoms with Crippen molar-refractivity contribution in [3.63, 3.8) is 0 Å². The van der Waals surface area contributed by atoms with E-state index >= 15 is 0 Å². The molecule has 1 rings (SSSR count). The van der Waals surface area contributed by atoms with Gasteiger partial charge < -0.3 is 9.47 Å². The minimum atomic E-state index is -3.55. The van der Waals surface area contributed by atoms with Gasteiger partial charge in [-0.15, -0.1) is 0 Å². The van der Waals surface area contributed by atoms with Gasteiger partial charge in [0.25, 0.3) is 0 Å². The Morgan fingerprint density at radius 2 is 1.81 bits per heavy atom. The summed E-state index contributed by atoms with van der Waals surface area (Å²) in [5.41, 5.74) is -0.166. The van der Waals surface area contributed by atoms with Gasteiger partial charge in [0.1, 0.15) is 5.75 Å². The molecule has 1 aromatic rings. The fourth-order valence-electron chi connectivity index (χ4n) is 1.77. The second-order valence-corrected chi connectivity index (χ2v) is 7.12. The van der Waals surface area contributed by atoms with Crippen LogP contribution in [0.15, 0.2) is 24.3 Å². The molecule has 0 radical (unpaired) electrons. The summed E-state index contributed by atoms with van der Waals surface area (Å²) in [5.74, 6) is -0.00915. The van der Waals surface area contributed by atoms with Crippen LogP contribution in [0, 0.1) is 5.41 Å². The Hall–Kier alpha value is -1.60. The molecule has 0 unspecified atom stereocenters. The van der Waals surface area contributed by atoms with Gasteiger partial charge in [-0.1, -0.05) is 13.8 Å². The minimum Gasteiger partial charge on any atom is -0.493 e. The first-order valence-corrected chi connectivity index (χ1v) is 8.25.